The van der Waals surface area contributed by atoms with E-state index in [2.05, 4.69) is 24.1 Å². The number of amides is 1. The van der Waals surface area contributed by atoms with Gasteiger partial charge in [0.1, 0.15) is 0 Å². The number of nitro benzene ring substituents is 1. The second-order valence-corrected chi connectivity index (χ2v) is 6.37. The van der Waals surface area contributed by atoms with Crippen LogP contribution >= 0.6 is 11.3 Å². The Labute approximate surface area is 137 Å². The fourth-order valence-corrected chi connectivity index (χ4v) is 2.98. The lowest BCUT2D eigenvalue weighted by atomic mass is 10.1. The Morgan fingerprint density at radius 1 is 1.39 bits per heavy atom. The minimum absolute atomic E-state index is 0.0883. The SMILES string of the molecule is CC(C)c1nc(C(C)Nc2ccc([N+](=O)[O-])cc2C(N)=O)cs1. The lowest BCUT2D eigenvalue weighted by Crippen LogP contribution is -2.16. The number of nitrogens with two attached hydrogens (primary N) is 1. The van der Waals surface area contributed by atoms with Gasteiger partial charge in [-0.05, 0) is 13.0 Å². The fraction of sp³-hybridized carbons (Fsp3) is 0.333. The maximum atomic E-state index is 11.6. The first kappa shape index (κ1) is 16.9. The van der Waals surface area contributed by atoms with E-state index in [0.717, 1.165) is 10.7 Å². The predicted octanol–water partition coefficient (Wildman–Crippen LogP) is 3.45. The number of non-ortho nitro benzene ring substituents is 1. The molecule has 2 rings (SSSR count). The molecular weight excluding hydrogens is 316 g/mol. The van der Waals surface area contributed by atoms with Crippen molar-refractivity contribution in [2.75, 3.05) is 5.32 Å². The van der Waals surface area contributed by atoms with Crippen LogP contribution in [0.3, 0.4) is 0 Å². The number of hydrogen-bond acceptors (Lipinski definition) is 6. The van der Waals surface area contributed by atoms with Crippen molar-refractivity contribution in [1.82, 2.24) is 4.98 Å². The van der Waals surface area contributed by atoms with Gasteiger partial charge in [0.15, 0.2) is 0 Å². The normalized spacial score (nSPS) is 12.2. The third-order valence-corrected chi connectivity index (χ3v) is 4.49. The standard InChI is InChI=1S/C15H18N4O3S/c1-8(2)15-18-13(7-23-15)9(3)17-12-5-4-10(19(21)22)6-11(12)14(16)20/h4-9,17H,1-3H3,(H2,16,20). The minimum atomic E-state index is -0.718. The largest absolute Gasteiger partial charge is 0.376 e. The highest BCUT2D eigenvalue weighted by atomic mass is 32.1. The van der Waals surface area contributed by atoms with E-state index in [4.69, 9.17) is 5.73 Å². The zero-order valence-electron chi connectivity index (χ0n) is 13.1. The quantitative estimate of drug-likeness (QED) is 0.621. The molecule has 1 atom stereocenters. The molecule has 1 unspecified atom stereocenters. The van der Waals surface area contributed by atoms with Crippen LogP contribution in [0.15, 0.2) is 23.6 Å². The van der Waals surface area contributed by atoms with Gasteiger partial charge >= 0.3 is 0 Å². The summed E-state index contributed by atoms with van der Waals surface area (Å²) in [4.78, 5) is 26.4. The molecule has 8 heteroatoms. The van der Waals surface area contributed by atoms with Gasteiger partial charge in [-0.1, -0.05) is 13.8 Å². The number of benzene rings is 1. The summed E-state index contributed by atoms with van der Waals surface area (Å²) in [6, 6.07) is 3.85. The maximum Gasteiger partial charge on any atom is 0.270 e. The molecule has 0 fully saturated rings. The van der Waals surface area contributed by atoms with Crippen LogP contribution in [0.1, 0.15) is 53.8 Å². The van der Waals surface area contributed by atoms with Gasteiger partial charge in [0.25, 0.3) is 11.6 Å². The zero-order chi connectivity index (χ0) is 17.1. The van der Waals surface area contributed by atoms with Gasteiger partial charge < -0.3 is 11.1 Å². The molecule has 2 aromatic rings. The summed E-state index contributed by atoms with van der Waals surface area (Å²) < 4.78 is 0. The average Bonchev–Trinajstić information content (AvgIpc) is 2.97. The molecule has 0 spiro atoms. The molecule has 0 aliphatic heterocycles. The van der Waals surface area contributed by atoms with E-state index in [1.54, 1.807) is 11.3 Å². The Hall–Kier alpha value is -2.48. The minimum Gasteiger partial charge on any atom is -0.376 e. The number of carbonyl (C=O) groups excluding carboxylic acids is 1. The smallest absolute Gasteiger partial charge is 0.270 e. The van der Waals surface area contributed by atoms with Crippen LogP contribution in [0.2, 0.25) is 0 Å². The Bertz CT molecular complexity index is 742. The molecule has 0 saturated heterocycles. The number of hydrogen-bond donors (Lipinski definition) is 2. The number of primary amides is 1. The van der Waals surface area contributed by atoms with Crippen molar-refractivity contribution in [3.8, 4) is 0 Å². The van der Waals surface area contributed by atoms with E-state index in [1.165, 1.54) is 18.2 Å². The molecule has 0 saturated carbocycles. The summed E-state index contributed by atoms with van der Waals surface area (Å²) in [7, 11) is 0. The molecule has 1 heterocycles. The second-order valence-electron chi connectivity index (χ2n) is 5.48. The molecule has 1 aromatic carbocycles. The number of anilines is 1. The number of rotatable bonds is 6. The monoisotopic (exact) mass is 334 g/mol. The molecule has 0 aliphatic rings. The molecular formula is C15H18N4O3S. The highest BCUT2D eigenvalue weighted by molar-refractivity contribution is 7.09. The van der Waals surface area contributed by atoms with E-state index < -0.39 is 10.8 Å². The van der Waals surface area contributed by atoms with Gasteiger partial charge in [-0.15, -0.1) is 11.3 Å². The topological polar surface area (TPSA) is 111 Å². The molecule has 122 valence electrons. The van der Waals surface area contributed by atoms with Gasteiger partial charge in [0.2, 0.25) is 0 Å². The average molecular weight is 334 g/mol. The first-order valence-electron chi connectivity index (χ1n) is 7.09. The Morgan fingerprint density at radius 3 is 2.61 bits per heavy atom. The predicted molar refractivity (Wildman–Crippen MR) is 89.9 cm³/mol. The molecule has 1 amide bonds. The van der Waals surface area contributed by atoms with Crippen molar-refractivity contribution in [2.24, 2.45) is 5.73 Å². The van der Waals surface area contributed by atoms with Gasteiger partial charge in [0, 0.05) is 29.1 Å². The van der Waals surface area contributed by atoms with E-state index in [0.29, 0.717) is 11.6 Å². The highest BCUT2D eigenvalue weighted by Crippen LogP contribution is 2.28. The van der Waals surface area contributed by atoms with Crippen LogP contribution < -0.4 is 11.1 Å². The van der Waals surface area contributed by atoms with Crippen molar-refractivity contribution in [1.29, 1.82) is 0 Å². The summed E-state index contributed by atoms with van der Waals surface area (Å²) >= 11 is 1.58. The summed E-state index contributed by atoms with van der Waals surface area (Å²) in [5.74, 6) is -0.369. The Balaban J connectivity index is 2.27. The summed E-state index contributed by atoms with van der Waals surface area (Å²) in [6.07, 6.45) is 0. The second kappa shape index (κ2) is 6.74. The Kier molecular flexibility index (Phi) is 4.95. The van der Waals surface area contributed by atoms with Gasteiger partial charge in [-0.25, -0.2) is 4.98 Å². The number of aromatic nitrogens is 1. The molecule has 23 heavy (non-hydrogen) atoms. The maximum absolute atomic E-state index is 11.6. The van der Waals surface area contributed by atoms with E-state index >= 15 is 0 Å². The van der Waals surface area contributed by atoms with Gasteiger partial charge in [-0.2, -0.15) is 0 Å². The number of thiazole rings is 1. The zero-order valence-corrected chi connectivity index (χ0v) is 13.9. The van der Waals surface area contributed by atoms with Crippen LogP contribution in [0.4, 0.5) is 11.4 Å². The van der Waals surface area contributed by atoms with Crippen LogP contribution in [-0.4, -0.2) is 15.8 Å². The first-order chi connectivity index (χ1) is 10.8. The molecule has 0 bridgehead atoms. The summed E-state index contributed by atoms with van der Waals surface area (Å²) in [5.41, 5.74) is 6.55. The van der Waals surface area contributed by atoms with Crippen molar-refractivity contribution >= 4 is 28.6 Å². The number of nitrogens with zero attached hydrogens (tertiary/aromatic N) is 2. The lowest BCUT2D eigenvalue weighted by Gasteiger charge is -2.15. The van der Waals surface area contributed by atoms with Gasteiger partial charge in [0.05, 0.1) is 27.2 Å². The van der Waals surface area contributed by atoms with Crippen LogP contribution in [0.25, 0.3) is 0 Å². The van der Waals surface area contributed by atoms with Crippen LogP contribution in [0.5, 0.6) is 0 Å². The van der Waals surface area contributed by atoms with Crippen molar-refractivity contribution in [3.63, 3.8) is 0 Å². The lowest BCUT2D eigenvalue weighted by molar-refractivity contribution is -0.384. The molecule has 3 N–H and O–H groups in total. The summed E-state index contributed by atoms with van der Waals surface area (Å²) in [5, 5.41) is 17.0. The molecule has 0 aliphatic carbocycles. The molecule has 1 aromatic heterocycles. The summed E-state index contributed by atoms with van der Waals surface area (Å²) in [6.45, 7) is 6.05. The third-order valence-electron chi connectivity index (χ3n) is 3.33. The number of nitro groups is 1. The first-order valence-corrected chi connectivity index (χ1v) is 7.97. The van der Waals surface area contributed by atoms with E-state index in [1.807, 2.05) is 12.3 Å². The Morgan fingerprint density at radius 2 is 2.09 bits per heavy atom. The number of nitrogens with one attached hydrogen (secondary N) is 1. The third kappa shape index (κ3) is 3.84. The number of carbonyl (C=O) groups is 1. The highest BCUT2D eigenvalue weighted by Gasteiger charge is 2.18. The fourth-order valence-electron chi connectivity index (χ4n) is 2.05. The van der Waals surface area contributed by atoms with E-state index in [-0.39, 0.29) is 17.3 Å². The van der Waals surface area contributed by atoms with Crippen LogP contribution in [0, 0.1) is 10.1 Å². The van der Waals surface area contributed by atoms with Gasteiger partial charge in [-0.3, -0.25) is 14.9 Å². The molecule has 0 radical (unpaired) electrons. The van der Waals surface area contributed by atoms with Crippen LogP contribution in [-0.2, 0) is 0 Å². The van der Waals surface area contributed by atoms with Crippen molar-refractivity contribution in [2.45, 2.75) is 32.7 Å². The van der Waals surface area contributed by atoms with E-state index in [9.17, 15) is 14.9 Å². The van der Waals surface area contributed by atoms with Crippen molar-refractivity contribution < 1.29 is 9.72 Å². The van der Waals surface area contributed by atoms with Crippen molar-refractivity contribution in [3.05, 3.63) is 50.0 Å². The molecule has 7 nitrogen and oxygen atoms in total.